The maximum absolute atomic E-state index is 12.8. The van der Waals surface area contributed by atoms with Crippen LogP contribution in [-0.4, -0.2) is 33.7 Å². The summed E-state index contributed by atoms with van der Waals surface area (Å²) in [5, 5.41) is 8.86. The number of hydrogen-bond donors (Lipinski definition) is 0. The highest BCUT2D eigenvalue weighted by atomic mass is 35.5. The molecule has 0 aliphatic heterocycles. The zero-order valence-electron chi connectivity index (χ0n) is 18.0. The van der Waals surface area contributed by atoms with E-state index in [4.69, 9.17) is 20.8 Å². The molecule has 7 heteroatoms. The van der Waals surface area contributed by atoms with Gasteiger partial charge in [-0.15, -0.1) is 10.2 Å². The van der Waals surface area contributed by atoms with Gasteiger partial charge in [-0.1, -0.05) is 44.5 Å². The predicted octanol–water partition coefficient (Wildman–Crippen LogP) is 5.26. The smallest absolute Gasteiger partial charge is 0.261 e. The number of benzene rings is 2. The largest absolute Gasteiger partial charge is 0.484 e. The third-order valence-electron chi connectivity index (χ3n) is 5.25. The Balaban J connectivity index is 1.38. The van der Waals surface area contributed by atoms with Gasteiger partial charge in [-0.05, 0) is 60.2 Å². The maximum atomic E-state index is 12.8. The molecule has 2 aromatic carbocycles. The Morgan fingerprint density at radius 3 is 2.39 bits per heavy atom. The van der Waals surface area contributed by atoms with E-state index >= 15 is 0 Å². The average Bonchev–Trinajstić information content (AvgIpc) is 3.48. The molecule has 162 valence electrons. The van der Waals surface area contributed by atoms with E-state index in [-0.39, 0.29) is 30.5 Å². The first-order chi connectivity index (χ1) is 14.8. The van der Waals surface area contributed by atoms with Crippen LogP contribution >= 0.6 is 11.6 Å². The second-order valence-corrected chi connectivity index (χ2v) is 9.26. The van der Waals surface area contributed by atoms with Crippen LogP contribution < -0.4 is 4.74 Å². The summed E-state index contributed by atoms with van der Waals surface area (Å²) in [4.78, 5) is 14.6. The van der Waals surface area contributed by atoms with Gasteiger partial charge in [-0.2, -0.15) is 0 Å². The summed E-state index contributed by atoms with van der Waals surface area (Å²) in [6.07, 6.45) is 1.95. The van der Waals surface area contributed by atoms with E-state index < -0.39 is 0 Å². The van der Waals surface area contributed by atoms with Gasteiger partial charge in [-0.3, -0.25) is 4.79 Å². The van der Waals surface area contributed by atoms with Crippen LogP contribution in [-0.2, 0) is 16.8 Å². The summed E-state index contributed by atoms with van der Waals surface area (Å²) < 4.78 is 11.5. The summed E-state index contributed by atoms with van der Waals surface area (Å²) in [5.74, 6) is 1.40. The van der Waals surface area contributed by atoms with Gasteiger partial charge in [0.2, 0.25) is 11.8 Å². The lowest BCUT2D eigenvalue weighted by molar-refractivity contribution is -0.134. The first kappa shape index (κ1) is 21.4. The standard InChI is InChI=1S/C24H26ClN3O3/c1-24(2,3)17-6-12-20(13-7-17)30-15-22(29)28(19-10-11-19)14-21-26-27-23(31-21)16-4-8-18(25)9-5-16/h4-9,12-13,19H,10-11,14-15H2,1-3H3. The van der Waals surface area contributed by atoms with Gasteiger partial charge in [0.15, 0.2) is 6.61 Å². The number of halogens is 1. The Bertz CT molecular complexity index is 1040. The first-order valence-corrected chi connectivity index (χ1v) is 10.8. The number of hydrogen-bond acceptors (Lipinski definition) is 5. The lowest BCUT2D eigenvalue weighted by atomic mass is 9.87. The molecular weight excluding hydrogens is 414 g/mol. The number of carbonyl (C=O) groups is 1. The molecule has 0 unspecified atom stereocenters. The molecule has 1 aliphatic carbocycles. The molecular formula is C24H26ClN3O3. The number of aromatic nitrogens is 2. The predicted molar refractivity (Wildman–Crippen MR) is 119 cm³/mol. The summed E-state index contributed by atoms with van der Waals surface area (Å²) in [6.45, 7) is 6.74. The second-order valence-electron chi connectivity index (χ2n) is 8.82. The van der Waals surface area contributed by atoms with Crippen LogP contribution in [0.3, 0.4) is 0 Å². The Hall–Kier alpha value is -2.86. The van der Waals surface area contributed by atoms with Crippen molar-refractivity contribution in [1.82, 2.24) is 15.1 Å². The molecule has 1 aromatic heterocycles. The maximum Gasteiger partial charge on any atom is 0.261 e. The van der Waals surface area contributed by atoms with Gasteiger partial charge in [0.05, 0.1) is 6.54 Å². The van der Waals surface area contributed by atoms with Gasteiger partial charge in [0.25, 0.3) is 5.91 Å². The molecule has 4 rings (SSSR count). The molecule has 0 radical (unpaired) electrons. The fourth-order valence-electron chi connectivity index (χ4n) is 3.26. The van der Waals surface area contributed by atoms with E-state index in [1.165, 1.54) is 5.56 Å². The van der Waals surface area contributed by atoms with Crippen molar-refractivity contribution < 1.29 is 13.9 Å². The quantitative estimate of drug-likeness (QED) is 0.502. The molecule has 1 fully saturated rings. The number of amides is 1. The van der Waals surface area contributed by atoms with Crippen LogP contribution in [0, 0.1) is 0 Å². The zero-order chi connectivity index (χ0) is 22.0. The van der Waals surface area contributed by atoms with Crippen LogP contribution in [0.2, 0.25) is 5.02 Å². The summed E-state index contributed by atoms with van der Waals surface area (Å²) in [5.41, 5.74) is 2.08. The second kappa shape index (κ2) is 8.71. The molecule has 31 heavy (non-hydrogen) atoms. The zero-order valence-corrected chi connectivity index (χ0v) is 18.7. The summed E-state index contributed by atoms with van der Waals surface area (Å²) in [6, 6.07) is 15.3. The van der Waals surface area contributed by atoms with Crippen molar-refractivity contribution in [1.29, 1.82) is 0 Å². The van der Waals surface area contributed by atoms with Gasteiger partial charge >= 0.3 is 0 Å². The number of ether oxygens (including phenoxy) is 1. The Morgan fingerprint density at radius 2 is 1.77 bits per heavy atom. The molecule has 1 aliphatic rings. The van der Waals surface area contributed by atoms with E-state index in [2.05, 4.69) is 31.0 Å². The van der Waals surface area contributed by atoms with Crippen molar-refractivity contribution >= 4 is 17.5 Å². The van der Waals surface area contributed by atoms with Crippen molar-refractivity contribution in [3.8, 4) is 17.2 Å². The van der Waals surface area contributed by atoms with Gasteiger partial charge in [0.1, 0.15) is 5.75 Å². The first-order valence-electron chi connectivity index (χ1n) is 10.4. The van der Waals surface area contributed by atoms with Crippen molar-refractivity contribution in [3.63, 3.8) is 0 Å². The van der Waals surface area contributed by atoms with Crippen molar-refractivity contribution in [3.05, 3.63) is 65.0 Å². The fraction of sp³-hybridized carbons (Fsp3) is 0.375. The van der Waals surface area contributed by atoms with E-state index in [1.807, 2.05) is 36.4 Å². The highest BCUT2D eigenvalue weighted by Crippen LogP contribution is 2.29. The van der Waals surface area contributed by atoms with E-state index in [1.54, 1.807) is 17.0 Å². The minimum absolute atomic E-state index is 0.0243. The number of rotatable bonds is 7. The van der Waals surface area contributed by atoms with Crippen molar-refractivity contribution in [2.45, 2.75) is 51.6 Å². The molecule has 0 bridgehead atoms. The molecule has 0 N–H and O–H groups in total. The van der Waals surface area contributed by atoms with Crippen LogP contribution in [0.5, 0.6) is 5.75 Å². The van der Waals surface area contributed by atoms with E-state index in [0.29, 0.717) is 22.6 Å². The highest BCUT2D eigenvalue weighted by molar-refractivity contribution is 6.30. The van der Waals surface area contributed by atoms with Crippen LogP contribution in [0.1, 0.15) is 45.1 Å². The molecule has 0 saturated heterocycles. The fourth-order valence-corrected chi connectivity index (χ4v) is 3.38. The normalized spacial score (nSPS) is 13.8. The van der Waals surface area contributed by atoms with E-state index in [0.717, 1.165) is 18.4 Å². The molecule has 1 heterocycles. The third-order valence-corrected chi connectivity index (χ3v) is 5.51. The lowest BCUT2D eigenvalue weighted by Crippen LogP contribution is -2.36. The van der Waals surface area contributed by atoms with Crippen molar-refractivity contribution in [2.24, 2.45) is 0 Å². The van der Waals surface area contributed by atoms with Gasteiger partial charge < -0.3 is 14.1 Å². The minimum atomic E-state index is -0.0892. The van der Waals surface area contributed by atoms with Gasteiger partial charge in [0, 0.05) is 16.6 Å². The summed E-state index contributed by atoms with van der Waals surface area (Å²) in [7, 11) is 0. The highest BCUT2D eigenvalue weighted by Gasteiger charge is 2.34. The molecule has 3 aromatic rings. The average molecular weight is 440 g/mol. The molecule has 6 nitrogen and oxygen atoms in total. The number of nitrogens with zero attached hydrogens (tertiary/aromatic N) is 3. The van der Waals surface area contributed by atoms with E-state index in [9.17, 15) is 4.79 Å². The lowest BCUT2D eigenvalue weighted by Gasteiger charge is -2.21. The third kappa shape index (κ3) is 5.44. The monoisotopic (exact) mass is 439 g/mol. The topological polar surface area (TPSA) is 68.5 Å². The van der Waals surface area contributed by atoms with Crippen LogP contribution in [0.15, 0.2) is 52.9 Å². The molecule has 0 spiro atoms. The van der Waals surface area contributed by atoms with Crippen LogP contribution in [0.25, 0.3) is 11.5 Å². The summed E-state index contributed by atoms with van der Waals surface area (Å²) >= 11 is 5.93. The Labute approximate surface area is 187 Å². The Kier molecular flexibility index (Phi) is 6.01. The Morgan fingerprint density at radius 1 is 1.10 bits per heavy atom. The van der Waals surface area contributed by atoms with Gasteiger partial charge in [-0.25, -0.2) is 0 Å². The molecule has 0 atom stereocenters. The molecule has 1 saturated carbocycles. The SMILES string of the molecule is CC(C)(C)c1ccc(OCC(=O)N(Cc2nnc(-c3ccc(Cl)cc3)o2)C2CC2)cc1. The molecule has 1 amide bonds. The van der Waals surface area contributed by atoms with Crippen molar-refractivity contribution in [2.75, 3.05) is 6.61 Å². The van der Waals surface area contributed by atoms with Crippen LogP contribution in [0.4, 0.5) is 0 Å². The number of carbonyl (C=O) groups excluding carboxylic acids is 1. The minimum Gasteiger partial charge on any atom is -0.484 e.